The van der Waals surface area contributed by atoms with Gasteiger partial charge in [0.2, 0.25) is 0 Å². The lowest BCUT2D eigenvalue weighted by molar-refractivity contribution is -0.148. The SMILES string of the molecule is CCOC(=O)[C@@H](C)C[C@@H](NC(=O)c1cc(C)cc(C)c1)C(=O)O. The van der Waals surface area contributed by atoms with Crippen molar-refractivity contribution in [2.75, 3.05) is 6.61 Å². The van der Waals surface area contributed by atoms with E-state index >= 15 is 0 Å². The highest BCUT2D eigenvalue weighted by molar-refractivity contribution is 5.97. The summed E-state index contributed by atoms with van der Waals surface area (Å²) in [4.78, 5) is 35.2. The summed E-state index contributed by atoms with van der Waals surface area (Å²) in [6.45, 7) is 7.22. The Kier molecular flexibility index (Phi) is 6.75. The van der Waals surface area contributed by atoms with Crippen molar-refractivity contribution in [1.29, 1.82) is 0 Å². The van der Waals surface area contributed by atoms with Gasteiger partial charge in [-0.3, -0.25) is 9.59 Å². The normalized spacial score (nSPS) is 13.0. The third-order valence-corrected chi connectivity index (χ3v) is 3.37. The van der Waals surface area contributed by atoms with Gasteiger partial charge in [-0.05, 0) is 39.3 Å². The summed E-state index contributed by atoms with van der Waals surface area (Å²) in [6, 6.07) is 4.16. The second-order valence-corrected chi connectivity index (χ2v) is 5.63. The van der Waals surface area contributed by atoms with E-state index in [1.165, 1.54) is 0 Å². The van der Waals surface area contributed by atoms with Crippen LogP contribution in [0.1, 0.15) is 41.8 Å². The third kappa shape index (κ3) is 5.73. The summed E-state index contributed by atoms with van der Waals surface area (Å²) in [7, 11) is 0. The van der Waals surface area contributed by atoms with Gasteiger partial charge in [0.1, 0.15) is 6.04 Å². The maximum absolute atomic E-state index is 12.3. The first-order valence-corrected chi connectivity index (χ1v) is 7.53. The Morgan fingerprint density at radius 2 is 1.74 bits per heavy atom. The number of aryl methyl sites for hydroxylation is 2. The van der Waals surface area contributed by atoms with Gasteiger partial charge in [0.05, 0.1) is 12.5 Å². The Labute approximate surface area is 135 Å². The molecule has 6 heteroatoms. The molecule has 126 valence electrons. The largest absolute Gasteiger partial charge is 0.480 e. The molecule has 1 aromatic rings. The van der Waals surface area contributed by atoms with Crippen molar-refractivity contribution < 1.29 is 24.2 Å². The van der Waals surface area contributed by atoms with Crippen molar-refractivity contribution in [2.24, 2.45) is 5.92 Å². The Morgan fingerprint density at radius 1 is 1.17 bits per heavy atom. The van der Waals surface area contributed by atoms with E-state index in [9.17, 15) is 19.5 Å². The molecule has 1 amide bonds. The van der Waals surface area contributed by atoms with E-state index in [0.29, 0.717) is 5.56 Å². The van der Waals surface area contributed by atoms with Gasteiger partial charge in [-0.15, -0.1) is 0 Å². The van der Waals surface area contributed by atoms with E-state index in [-0.39, 0.29) is 13.0 Å². The average molecular weight is 321 g/mol. The third-order valence-electron chi connectivity index (χ3n) is 3.37. The predicted octanol–water partition coefficient (Wildman–Crippen LogP) is 2.08. The smallest absolute Gasteiger partial charge is 0.326 e. The highest BCUT2D eigenvalue weighted by Crippen LogP contribution is 2.12. The fourth-order valence-corrected chi connectivity index (χ4v) is 2.30. The number of aliphatic carboxylic acids is 1. The quantitative estimate of drug-likeness (QED) is 0.750. The molecule has 1 aromatic carbocycles. The summed E-state index contributed by atoms with van der Waals surface area (Å²) >= 11 is 0. The maximum atomic E-state index is 12.3. The average Bonchev–Trinajstić information content (AvgIpc) is 2.45. The molecule has 0 spiro atoms. The molecule has 0 unspecified atom stereocenters. The van der Waals surface area contributed by atoms with E-state index in [2.05, 4.69) is 5.32 Å². The minimum atomic E-state index is -1.18. The van der Waals surface area contributed by atoms with Gasteiger partial charge in [-0.25, -0.2) is 4.79 Å². The molecule has 0 fully saturated rings. The summed E-state index contributed by atoms with van der Waals surface area (Å²) in [5.74, 6) is -2.74. The number of nitrogens with one attached hydrogen (secondary N) is 1. The highest BCUT2D eigenvalue weighted by Gasteiger charge is 2.26. The molecule has 0 aliphatic heterocycles. The lowest BCUT2D eigenvalue weighted by Crippen LogP contribution is -2.42. The zero-order valence-electron chi connectivity index (χ0n) is 13.9. The van der Waals surface area contributed by atoms with Crippen molar-refractivity contribution in [3.63, 3.8) is 0 Å². The van der Waals surface area contributed by atoms with Crippen LogP contribution >= 0.6 is 0 Å². The molecule has 0 bridgehead atoms. The van der Waals surface area contributed by atoms with Crippen LogP contribution in [0.2, 0.25) is 0 Å². The van der Waals surface area contributed by atoms with Gasteiger partial charge in [0.15, 0.2) is 0 Å². The van der Waals surface area contributed by atoms with E-state index in [1.807, 2.05) is 19.9 Å². The number of hydrogen-bond acceptors (Lipinski definition) is 4. The molecule has 0 aromatic heterocycles. The van der Waals surface area contributed by atoms with E-state index in [0.717, 1.165) is 11.1 Å². The number of carbonyl (C=O) groups is 3. The summed E-state index contributed by atoms with van der Waals surface area (Å²) in [5, 5.41) is 11.7. The molecule has 0 radical (unpaired) electrons. The lowest BCUT2D eigenvalue weighted by atomic mass is 10.0. The zero-order valence-corrected chi connectivity index (χ0v) is 13.9. The second-order valence-electron chi connectivity index (χ2n) is 5.63. The van der Waals surface area contributed by atoms with Crippen molar-refractivity contribution >= 4 is 17.8 Å². The summed E-state index contributed by atoms with van der Waals surface area (Å²) in [6.07, 6.45) is -0.0231. The molecule has 0 aliphatic carbocycles. The highest BCUT2D eigenvalue weighted by atomic mass is 16.5. The van der Waals surface area contributed by atoms with Crippen LogP contribution in [0.5, 0.6) is 0 Å². The van der Waals surface area contributed by atoms with Crippen molar-refractivity contribution in [3.8, 4) is 0 Å². The Morgan fingerprint density at radius 3 is 2.22 bits per heavy atom. The number of carboxylic acids is 1. The molecular formula is C17H23NO5. The van der Waals surface area contributed by atoms with E-state index in [4.69, 9.17) is 4.74 Å². The van der Waals surface area contributed by atoms with Gasteiger partial charge in [-0.1, -0.05) is 24.1 Å². The molecule has 1 rings (SSSR count). The number of carboxylic acid groups (broad SMARTS) is 1. The predicted molar refractivity (Wildman–Crippen MR) is 85.2 cm³/mol. The molecule has 0 saturated carbocycles. The molecule has 2 N–H and O–H groups in total. The van der Waals surface area contributed by atoms with Crippen molar-refractivity contribution in [3.05, 3.63) is 34.9 Å². The minimum absolute atomic E-state index is 0.0231. The number of esters is 1. The fraction of sp³-hybridized carbons (Fsp3) is 0.471. The van der Waals surface area contributed by atoms with Crippen LogP contribution in [0.25, 0.3) is 0 Å². The number of carbonyl (C=O) groups excluding carboxylic acids is 2. The first-order valence-electron chi connectivity index (χ1n) is 7.53. The summed E-state index contributed by atoms with van der Waals surface area (Å²) in [5.41, 5.74) is 2.24. The standard InChI is InChI=1S/C17H23NO5/c1-5-23-17(22)12(4)9-14(16(20)21)18-15(19)13-7-10(2)6-11(3)8-13/h6-8,12,14H,5,9H2,1-4H3,(H,18,19)(H,20,21)/t12-,14+/m0/s1. The lowest BCUT2D eigenvalue weighted by Gasteiger charge is -2.18. The zero-order chi connectivity index (χ0) is 17.6. The van der Waals surface area contributed by atoms with Crippen LogP contribution in [0.3, 0.4) is 0 Å². The van der Waals surface area contributed by atoms with Crippen LogP contribution in [0.4, 0.5) is 0 Å². The fourth-order valence-electron chi connectivity index (χ4n) is 2.30. The molecule has 0 aliphatic rings. The molecule has 6 nitrogen and oxygen atoms in total. The van der Waals surface area contributed by atoms with Crippen molar-refractivity contribution in [1.82, 2.24) is 5.32 Å². The van der Waals surface area contributed by atoms with Gasteiger partial charge in [-0.2, -0.15) is 0 Å². The number of benzene rings is 1. The molecule has 0 heterocycles. The Bertz CT molecular complexity index is 576. The number of amides is 1. The topological polar surface area (TPSA) is 92.7 Å². The van der Waals surface area contributed by atoms with Gasteiger partial charge < -0.3 is 15.2 Å². The number of hydrogen-bond donors (Lipinski definition) is 2. The first-order chi connectivity index (χ1) is 10.7. The number of ether oxygens (including phenoxy) is 1. The van der Waals surface area contributed by atoms with Gasteiger partial charge in [0, 0.05) is 5.56 Å². The van der Waals surface area contributed by atoms with E-state index < -0.39 is 29.8 Å². The van der Waals surface area contributed by atoms with E-state index in [1.54, 1.807) is 26.0 Å². The van der Waals surface area contributed by atoms with Crippen LogP contribution < -0.4 is 5.32 Å². The minimum Gasteiger partial charge on any atom is -0.480 e. The van der Waals surface area contributed by atoms with Crippen LogP contribution in [0, 0.1) is 19.8 Å². The first kappa shape index (κ1) is 18.7. The van der Waals surface area contributed by atoms with Gasteiger partial charge >= 0.3 is 11.9 Å². The second kappa shape index (κ2) is 8.31. The molecule has 0 saturated heterocycles. The number of rotatable bonds is 7. The monoisotopic (exact) mass is 321 g/mol. The molecular weight excluding hydrogens is 298 g/mol. The van der Waals surface area contributed by atoms with Crippen LogP contribution in [-0.4, -0.2) is 35.6 Å². The van der Waals surface area contributed by atoms with Crippen LogP contribution in [-0.2, 0) is 14.3 Å². The molecule has 23 heavy (non-hydrogen) atoms. The van der Waals surface area contributed by atoms with Gasteiger partial charge in [0.25, 0.3) is 5.91 Å². The summed E-state index contributed by atoms with van der Waals surface area (Å²) < 4.78 is 4.86. The Balaban J connectivity index is 2.81. The molecule has 2 atom stereocenters. The Hall–Kier alpha value is -2.37. The van der Waals surface area contributed by atoms with Crippen molar-refractivity contribution in [2.45, 2.75) is 40.2 Å². The van der Waals surface area contributed by atoms with Crippen LogP contribution in [0.15, 0.2) is 18.2 Å². The maximum Gasteiger partial charge on any atom is 0.326 e.